The molecule has 0 spiro atoms. The molecule has 0 atom stereocenters. The summed E-state index contributed by atoms with van der Waals surface area (Å²) in [7, 11) is 0. The first-order valence-corrected chi connectivity index (χ1v) is 11.0. The first kappa shape index (κ1) is 22.5. The number of H-pyrrole nitrogens is 1. The number of piperazine rings is 1. The van der Waals surface area contributed by atoms with Crippen LogP contribution in [0, 0.1) is 11.6 Å². The lowest BCUT2D eigenvalue weighted by molar-refractivity contribution is 0.208. The largest absolute Gasteiger partial charge is 0.454 e. The van der Waals surface area contributed by atoms with Crippen LogP contribution in [0.2, 0.25) is 0 Å². The number of hydrogen-bond donors (Lipinski definition) is 3. The van der Waals surface area contributed by atoms with E-state index in [1.807, 2.05) is 24.3 Å². The van der Waals surface area contributed by atoms with Gasteiger partial charge < -0.3 is 29.9 Å². The zero-order valence-electron chi connectivity index (χ0n) is 18.5. The van der Waals surface area contributed by atoms with E-state index in [2.05, 4.69) is 25.2 Å². The lowest BCUT2D eigenvalue weighted by atomic mass is 10.2. The number of aliphatic hydroxyl groups excluding tert-OH is 1. The van der Waals surface area contributed by atoms with Crippen LogP contribution in [0.5, 0.6) is 11.5 Å². The third-order valence-corrected chi connectivity index (χ3v) is 5.78. The molecule has 35 heavy (non-hydrogen) atoms. The van der Waals surface area contributed by atoms with Crippen molar-refractivity contribution in [1.82, 2.24) is 19.9 Å². The smallest absolute Gasteiger partial charge is 0.322 e. The first-order valence-electron chi connectivity index (χ1n) is 11.0. The number of anilines is 2. The van der Waals surface area contributed by atoms with Gasteiger partial charge in [0.05, 0.1) is 23.6 Å². The van der Waals surface area contributed by atoms with Gasteiger partial charge in [0, 0.05) is 49.5 Å². The summed E-state index contributed by atoms with van der Waals surface area (Å²) in [6, 6.07) is 9.20. The van der Waals surface area contributed by atoms with Crippen molar-refractivity contribution in [2.24, 2.45) is 0 Å². The summed E-state index contributed by atoms with van der Waals surface area (Å²) < 4.78 is 33.2. The van der Waals surface area contributed by atoms with E-state index >= 15 is 0 Å². The van der Waals surface area contributed by atoms with Crippen molar-refractivity contribution in [3.63, 3.8) is 0 Å². The monoisotopic (exact) mass is 480 g/mol. The van der Waals surface area contributed by atoms with Crippen LogP contribution in [0.4, 0.5) is 25.0 Å². The molecule has 3 heterocycles. The van der Waals surface area contributed by atoms with Gasteiger partial charge in [0.2, 0.25) is 0 Å². The van der Waals surface area contributed by atoms with E-state index in [1.165, 1.54) is 24.7 Å². The fraction of sp³-hybridized carbons (Fsp3) is 0.208. The van der Waals surface area contributed by atoms with Crippen molar-refractivity contribution in [2.45, 2.75) is 6.61 Å². The fourth-order valence-corrected chi connectivity index (χ4v) is 3.96. The molecule has 2 amide bonds. The van der Waals surface area contributed by atoms with Crippen LogP contribution >= 0.6 is 0 Å². The molecule has 1 aliphatic heterocycles. The molecule has 0 unspecified atom stereocenters. The summed E-state index contributed by atoms with van der Waals surface area (Å²) >= 11 is 0. The Morgan fingerprint density at radius 1 is 1.06 bits per heavy atom. The number of hydrogen-bond acceptors (Lipinski definition) is 6. The van der Waals surface area contributed by atoms with Gasteiger partial charge in [-0.3, -0.25) is 0 Å². The molecule has 9 nitrogen and oxygen atoms in total. The van der Waals surface area contributed by atoms with Gasteiger partial charge in [-0.25, -0.2) is 23.5 Å². The number of fused-ring (bicyclic) bond motifs is 1. The normalized spacial score (nSPS) is 13.8. The highest BCUT2D eigenvalue weighted by Gasteiger charge is 2.22. The number of rotatable bonds is 5. The summed E-state index contributed by atoms with van der Waals surface area (Å²) in [6.45, 7) is 2.00. The molecule has 0 radical (unpaired) electrons. The zero-order chi connectivity index (χ0) is 24.4. The Morgan fingerprint density at radius 2 is 1.77 bits per heavy atom. The van der Waals surface area contributed by atoms with Crippen molar-refractivity contribution in [2.75, 3.05) is 36.4 Å². The quantitative estimate of drug-likeness (QED) is 0.400. The topological polar surface area (TPSA) is 107 Å². The summed E-state index contributed by atoms with van der Waals surface area (Å²) in [5.74, 6) is 0.000253. The number of nitrogens with one attached hydrogen (secondary N) is 2. The molecule has 2 aromatic heterocycles. The molecular formula is C24H22F2N6O3. The molecule has 2 aromatic carbocycles. The lowest BCUT2D eigenvalue weighted by Crippen LogP contribution is -2.50. The van der Waals surface area contributed by atoms with E-state index in [-0.39, 0.29) is 23.5 Å². The molecule has 1 fully saturated rings. The molecule has 4 aromatic rings. The molecule has 0 saturated carbocycles. The Morgan fingerprint density at radius 3 is 2.46 bits per heavy atom. The van der Waals surface area contributed by atoms with Gasteiger partial charge in [0.25, 0.3) is 0 Å². The minimum Gasteiger partial charge on any atom is -0.454 e. The second-order valence-corrected chi connectivity index (χ2v) is 8.01. The predicted octanol–water partition coefficient (Wildman–Crippen LogP) is 3.87. The van der Waals surface area contributed by atoms with E-state index in [0.717, 1.165) is 11.8 Å². The average molecular weight is 480 g/mol. The SMILES string of the molecule is O=C(Nc1c[nH]c2c(F)cc(F)cc12)N1CCN(c2ccc(Oc3cnc(CO)nc3)cc2)CC1. The van der Waals surface area contributed by atoms with Gasteiger partial charge in [0.1, 0.15) is 24.0 Å². The Bertz CT molecular complexity index is 1340. The van der Waals surface area contributed by atoms with Crippen LogP contribution in [-0.2, 0) is 6.61 Å². The van der Waals surface area contributed by atoms with E-state index in [4.69, 9.17) is 9.84 Å². The first-order chi connectivity index (χ1) is 17.0. The third-order valence-electron chi connectivity index (χ3n) is 5.78. The zero-order valence-corrected chi connectivity index (χ0v) is 18.5. The second kappa shape index (κ2) is 9.55. The maximum Gasteiger partial charge on any atom is 0.322 e. The van der Waals surface area contributed by atoms with Crippen LogP contribution in [0.1, 0.15) is 5.82 Å². The highest BCUT2D eigenvalue weighted by molar-refractivity contribution is 6.01. The van der Waals surface area contributed by atoms with Gasteiger partial charge in [0.15, 0.2) is 11.6 Å². The number of aromatic nitrogens is 3. The number of aromatic amines is 1. The Labute approximate surface area is 199 Å². The summed E-state index contributed by atoms with van der Waals surface area (Å²) in [6.07, 6.45) is 4.46. The highest BCUT2D eigenvalue weighted by Crippen LogP contribution is 2.27. The fourth-order valence-electron chi connectivity index (χ4n) is 3.96. The number of urea groups is 1. The standard InChI is InChI=1S/C24H22F2N6O3/c25-15-9-19-21(13-29-23(19)20(26)10-15)30-24(34)32-7-5-31(6-8-32)16-1-3-17(4-2-16)35-18-11-27-22(14-33)28-12-18/h1-4,9-13,29,33H,5-8,14H2,(H,30,34). The molecule has 5 rings (SSSR count). The van der Waals surface area contributed by atoms with Crippen molar-refractivity contribution in [1.29, 1.82) is 0 Å². The number of ether oxygens (including phenoxy) is 1. The maximum atomic E-state index is 13.9. The Kier molecular flexibility index (Phi) is 6.15. The van der Waals surface area contributed by atoms with Gasteiger partial charge in [-0.2, -0.15) is 0 Å². The summed E-state index contributed by atoms with van der Waals surface area (Å²) in [4.78, 5) is 27.3. The molecule has 0 aliphatic carbocycles. The Balaban J connectivity index is 1.17. The van der Waals surface area contributed by atoms with Gasteiger partial charge in [-0.1, -0.05) is 0 Å². The number of nitrogens with zero attached hydrogens (tertiary/aromatic N) is 4. The number of amides is 2. The molecule has 3 N–H and O–H groups in total. The van der Waals surface area contributed by atoms with Crippen LogP contribution in [0.15, 0.2) is 55.0 Å². The molecule has 11 heteroatoms. The molecule has 180 valence electrons. The van der Waals surface area contributed by atoms with Crippen LogP contribution in [0.25, 0.3) is 10.9 Å². The lowest BCUT2D eigenvalue weighted by Gasteiger charge is -2.36. The van der Waals surface area contributed by atoms with Gasteiger partial charge in [-0.05, 0) is 30.3 Å². The average Bonchev–Trinajstić information content (AvgIpc) is 3.27. The molecule has 0 bridgehead atoms. The van der Waals surface area contributed by atoms with E-state index < -0.39 is 11.6 Å². The van der Waals surface area contributed by atoms with Crippen molar-refractivity contribution < 1.29 is 23.4 Å². The number of benzene rings is 2. The Hall–Kier alpha value is -4.25. The molecule has 1 aliphatic rings. The summed E-state index contributed by atoms with van der Waals surface area (Å²) in [5.41, 5.74) is 1.47. The van der Waals surface area contributed by atoms with Crippen LogP contribution in [0.3, 0.4) is 0 Å². The molecular weight excluding hydrogens is 458 g/mol. The van der Waals surface area contributed by atoms with Gasteiger partial charge >= 0.3 is 6.03 Å². The van der Waals surface area contributed by atoms with E-state index in [0.29, 0.717) is 49.2 Å². The predicted molar refractivity (Wildman–Crippen MR) is 125 cm³/mol. The van der Waals surface area contributed by atoms with Crippen molar-refractivity contribution in [3.8, 4) is 11.5 Å². The second-order valence-electron chi connectivity index (χ2n) is 8.01. The highest BCUT2D eigenvalue weighted by atomic mass is 19.1. The van der Waals surface area contributed by atoms with E-state index in [9.17, 15) is 13.6 Å². The maximum absolute atomic E-state index is 13.9. The van der Waals surface area contributed by atoms with Crippen LogP contribution in [-0.4, -0.2) is 57.2 Å². The number of halogens is 2. The minimum atomic E-state index is -0.710. The van der Waals surface area contributed by atoms with Gasteiger partial charge in [-0.15, -0.1) is 0 Å². The number of aliphatic hydroxyl groups is 1. The van der Waals surface area contributed by atoms with E-state index in [1.54, 1.807) is 4.90 Å². The number of carbonyl (C=O) groups is 1. The number of carbonyl (C=O) groups excluding carboxylic acids is 1. The summed E-state index contributed by atoms with van der Waals surface area (Å²) in [5, 5.41) is 12.0. The third kappa shape index (κ3) is 4.85. The minimum absolute atomic E-state index is 0.147. The van der Waals surface area contributed by atoms with Crippen LogP contribution < -0.4 is 15.0 Å². The van der Waals surface area contributed by atoms with Crippen molar-refractivity contribution >= 4 is 28.3 Å². The van der Waals surface area contributed by atoms with Crippen molar-refractivity contribution in [3.05, 3.63) is 72.4 Å². The molecule has 1 saturated heterocycles.